The van der Waals surface area contributed by atoms with E-state index < -0.39 is 0 Å². The van der Waals surface area contributed by atoms with Gasteiger partial charge in [-0.2, -0.15) is 5.10 Å². The molecule has 0 atom stereocenters. The third-order valence-corrected chi connectivity index (χ3v) is 2.03. The average molecular weight is 224 g/mol. The van der Waals surface area contributed by atoms with Gasteiger partial charge in [-0.05, 0) is 6.92 Å². The van der Waals surface area contributed by atoms with Gasteiger partial charge < -0.3 is 5.32 Å². The first kappa shape index (κ1) is 9.92. The van der Waals surface area contributed by atoms with Crippen LogP contribution in [0, 0.1) is 0 Å². The third kappa shape index (κ3) is 2.44. The minimum absolute atomic E-state index is 0.509. The molecule has 1 N–H and O–H groups in total. The van der Waals surface area contributed by atoms with Crippen LogP contribution in [0.4, 0.5) is 11.6 Å². The van der Waals surface area contributed by atoms with Gasteiger partial charge in [-0.25, -0.2) is 9.97 Å². The molecule has 15 heavy (non-hydrogen) atoms. The maximum absolute atomic E-state index is 5.67. The Bertz CT molecular complexity index is 436. The monoisotopic (exact) mass is 223 g/mol. The Balaban J connectivity index is 2.11. The van der Waals surface area contributed by atoms with Gasteiger partial charge in [0.1, 0.15) is 0 Å². The molecular weight excluding hydrogens is 214 g/mol. The fraction of sp³-hybridized carbons (Fsp3) is 0.222. The molecule has 0 saturated heterocycles. The predicted octanol–water partition coefficient (Wildman–Crippen LogP) is 2.09. The summed E-state index contributed by atoms with van der Waals surface area (Å²) >= 11 is 5.67. The number of rotatable bonds is 3. The van der Waals surface area contributed by atoms with Gasteiger partial charge in [0, 0.05) is 12.7 Å². The van der Waals surface area contributed by atoms with Crippen LogP contribution in [0.5, 0.6) is 0 Å². The molecule has 0 aliphatic rings. The molecule has 0 radical (unpaired) electrons. The van der Waals surface area contributed by atoms with Crippen molar-refractivity contribution in [2.45, 2.75) is 13.5 Å². The van der Waals surface area contributed by atoms with Gasteiger partial charge in [-0.3, -0.25) is 4.68 Å². The quantitative estimate of drug-likeness (QED) is 0.866. The highest BCUT2D eigenvalue weighted by Crippen LogP contribution is 2.12. The van der Waals surface area contributed by atoms with Crippen molar-refractivity contribution in [2.75, 3.05) is 5.32 Å². The minimum Gasteiger partial charge on any atom is -0.321 e. The van der Waals surface area contributed by atoms with Gasteiger partial charge in [0.25, 0.3) is 0 Å². The van der Waals surface area contributed by atoms with E-state index >= 15 is 0 Å². The minimum atomic E-state index is 0.509. The molecule has 0 fully saturated rings. The molecule has 5 nitrogen and oxygen atoms in total. The number of hydrogen-bond acceptors (Lipinski definition) is 4. The molecule has 2 rings (SSSR count). The molecule has 6 heteroatoms. The standard InChI is InChI=1S/C9H10ClN5/c1-2-15-6-8(5-13-15)14-9-11-3-7(10)4-12-9/h3-6H,2H2,1H3,(H,11,12,14). The van der Waals surface area contributed by atoms with Crippen LogP contribution in [0.2, 0.25) is 5.02 Å². The number of aromatic nitrogens is 4. The number of nitrogens with zero attached hydrogens (tertiary/aromatic N) is 4. The summed E-state index contributed by atoms with van der Waals surface area (Å²) in [7, 11) is 0. The Labute approximate surface area is 92.1 Å². The van der Waals surface area contributed by atoms with E-state index in [1.165, 1.54) is 0 Å². The first-order chi connectivity index (χ1) is 7.28. The summed E-state index contributed by atoms with van der Waals surface area (Å²) in [6.45, 7) is 2.86. The van der Waals surface area contributed by atoms with Gasteiger partial charge in [0.2, 0.25) is 5.95 Å². The first-order valence-electron chi connectivity index (χ1n) is 4.55. The fourth-order valence-corrected chi connectivity index (χ4v) is 1.20. The van der Waals surface area contributed by atoms with Crippen LogP contribution in [0.3, 0.4) is 0 Å². The predicted molar refractivity (Wildman–Crippen MR) is 58.2 cm³/mol. The van der Waals surface area contributed by atoms with Crippen LogP contribution < -0.4 is 5.32 Å². The molecule has 2 heterocycles. The summed E-state index contributed by atoms with van der Waals surface area (Å²) in [6.07, 6.45) is 6.70. The van der Waals surface area contributed by atoms with Gasteiger partial charge in [0.15, 0.2) is 0 Å². The van der Waals surface area contributed by atoms with Crippen molar-refractivity contribution in [3.63, 3.8) is 0 Å². The summed E-state index contributed by atoms with van der Waals surface area (Å²) in [5, 5.41) is 7.66. The van der Waals surface area contributed by atoms with E-state index in [2.05, 4.69) is 20.4 Å². The second kappa shape index (κ2) is 4.27. The molecule has 0 spiro atoms. The average Bonchev–Trinajstić information content (AvgIpc) is 2.69. The van der Waals surface area contributed by atoms with Crippen LogP contribution in [0.25, 0.3) is 0 Å². The lowest BCUT2D eigenvalue weighted by Crippen LogP contribution is -1.95. The van der Waals surface area contributed by atoms with Crippen molar-refractivity contribution >= 4 is 23.2 Å². The zero-order chi connectivity index (χ0) is 10.7. The molecule has 2 aromatic rings. The van der Waals surface area contributed by atoms with Crippen molar-refractivity contribution in [1.29, 1.82) is 0 Å². The Kier molecular flexibility index (Phi) is 2.82. The van der Waals surface area contributed by atoms with Crippen LogP contribution in [-0.4, -0.2) is 19.7 Å². The van der Waals surface area contributed by atoms with E-state index in [4.69, 9.17) is 11.6 Å². The molecule has 0 bridgehead atoms. The second-order valence-electron chi connectivity index (χ2n) is 2.93. The number of halogens is 1. The van der Waals surface area contributed by atoms with E-state index in [0.717, 1.165) is 12.2 Å². The highest BCUT2D eigenvalue weighted by atomic mass is 35.5. The normalized spacial score (nSPS) is 10.3. The van der Waals surface area contributed by atoms with Gasteiger partial charge >= 0.3 is 0 Å². The van der Waals surface area contributed by atoms with Crippen LogP contribution in [0.15, 0.2) is 24.8 Å². The lowest BCUT2D eigenvalue weighted by Gasteiger charge is -1.99. The van der Waals surface area contributed by atoms with Gasteiger partial charge in [-0.15, -0.1) is 0 Å². The molecule has 0 unspecified atom stereocenters. The van der Waals surface area contributed by atoms with E-state index in [0.29, 0.717) is 11.0 Å². The zero-order valence-electron chi connectivity index (χ0n) is 8.18. The van der Waals surface area contributed by atoms with Gasteiger partial charge in [0.05, 0.1) is 29.3 Å². The molecule has 2 aromatic heterocycles. The van der Waals surface area contributed by atoms with Gasteiger partial charge in [-0.1, -0.05) is 11.6 Å². The Morgan fingerprint density at radius 3 is 2.67 bits per heavy atom. The van der Waals surface area contributed by atoms with Crippen LogP contribution >= 0.6 is 11.6 Å². The molecule has 0 saturated carbocycles. The molecule has 78 valence electrons. The van der Waals surface area contributed by atoms with E-state index in [1.54, 1.807) is 18.6 Å². The topological polar surface area (TPSA) is 55.6 Å². The smallest absolute Gasteiger partial charge is 0.227 e. The Morgan fingerprint density at radius 1 is 1.33 bits per heavy atom. The molecule has 0 aromatic carbocycles. The highest BCUT2D eigenvalue weighted by molar-refractivity contribution is 6.30. The molecule has 0 amide bonds. The Morgan fingerprint density at radius 2 is 2.07 bits per heavy atom. The number of hydrogen-bond donors (Lipinski definition) is 1. The second-order valence-corrected chi connectivity index (χ2v) is 3.37. The molecular formula is C9H10ClN5. The fourth-order valence-electron chi connectivity index (χ4n) is 1.11. The van der Waals surface area contributed by atoms with Crippen molar-refractivity contribution in [3.8, 4) is 0 Å². The first-order valence-corrected chi connectivity index (χ1v) is 4.92. The summed E-state index contributed by atoms with van der Waals surface area (Å²) in [5.74, 6) is 0.509. The lowest BCUT2D eigenvalue weighted by atomic mass is 10.5. The maximum Gasteiger partial charge on any atom is 0.227 e. The number of anilines is 2. The van der Waals surface area contributed by atoms with E-state index in [9.17, 15) is 0 Å². The lowest BCUT2D eigenvalue weighted by molar-refractivity contribution is 0.660. The largest absolute Gasteiger partial charge is 0.321 e. The molecule has 0 aliphatic carbocycles. The van der Waals surface area contributed by atoms with Crippen LogP contribution in [-0.2, 0) is 6.54 Å². The van der Waals surface area contributed by atoms with E-state index in [-0.39, 0.29) is 0 Å². The van der Waals surface area contributed by atoms with Crippen molar-refractivity contribution < 1.29 is 0 Å². The van der Waals surface area contributed by atoms with Crippen molar-refractivity contribution in [1.82, 2.24) is 19.7 Å². The summed E-state index contributed by atoms with van der Waals surface area (Å²) in [4.78, 5) is 8.03. The Hall–Kier alpha value is -1.62. The number of nitrogens with one attached hydrogen (secondary N) is 1. The molecule has 0 aliphatic heterocycles. The zero-order valence-corrected chi connectivity index (χ0v) is 8.94. The third-order valence-electron chi connectivity index (χ3n) is 1.83. The summed E-state index contributed by atoms with van der Waals surface area (Å²) in [6, 6.07) is 0. The summed E-state index contributed by atoms with van der Waals surface area (Å²) in [5.41, 5.74) is 0.860. The van der Waals surface area contributed by atoms with Crippen molar-refractivity contribution in [3.05, 3.63) is 29.8 Å². The van der Waals surface area contributed by atoms with Crippen molar-refractivity contribution in [2.24, 2.45) is 0 Å². The SMILES string of the molecule is CCn1cc(Nc2ncc(Cl)cn2)cn1. The maximum atomic E-state index is 5.67. The van der Waals surface area contributed by atoms with E-state index in [1.807, 2.05) is 17.8 Å². The highest BCUT2D eigenvalue weighted by Gasteiger charge is 1.99. The van der Waals surface area contributed by atoms with Crippen LogP contribution in [0.1, 0.15) is 6.92 Å². The number of aryl methyl sites for hydroxylation is 1. The summed E-state index contributed by atoms with van der Waals surface area (Å²) < 4.78 is 1.82.